The number of amides is 1. The van der Waals surface area contributed by atoms with Crippen molar-refractivity contribution in [2.75, 3.05) is 13.7 Å². The van der Waals surface area contributed by atoms with Gasteiger partial charge in [0.15, 0.2) is 11.6 Å². The Hall–Kier alpha value is -3.66. The minimum Gasteiger partial charge on any atom is -0.373 e. The van der Waals surface area contributed by atoms with Crippen molar-refractivity contribution in [1.29, 1.82) is 0 Å². The Bertz CT molecular complexity index is 1480. The van der Waals surface area contributed by atoms with Crippen LogP contribution in [0.4, 0.5) is 17.6 Å². The summed E-state index contributed by atoms with van der Waals surface area (Å²) in [6.07, 6.45) is -1.39. The molecule has 170 valence electrons. The monoisotopic (exact) mass is 459 g/mol. The number of pyridine rings is 2. The fourth-order valence-electron chi connectivity index (χ4n) is 4.35. The summed E-state index contributed by atoms with van der Waals surface area (Å²) >= 11 is 0. The van der Waals surface area contributed by atoms with Crippen LogP contribution in [0.3, 0.4) is 0 Å². The lowest BCUT2D eigenvalue weighted by atomic mass is 9.95. The fraction of sp³-hybridized carbons (Fsp3) is 0.217. The van der Waals surface area contributed by atoms with E-state index < -0.39 is 35.6 Å². The Morgan fingerprint density at radius 1 is 1.18 bits per heavy atom. The van der Waals surface area contributed by atoms with Crippen LogP contribution in [0.25, 0.3) is 16.3 Å². The van der Waals surface area contributed by atoms with E-state index in [-0.39, 0.29) is 35.2 Å². The van der Waals surface area contributed by atoms with E-state index in [9.17, 15) is 27.2 Å². The van der Waals surface area contributed by atoms with Gasteiger partial charge in [-0.15, -0.1) is 0 Å². The van der Waals surface area contributed by atoms with Crippen molar-refractivity contribution >= 4 is 22.2 Å². The molecule has 1 aliphatic heterocycles. The molecule has 1 N–H and O–H groups in total. The van der Waals surface area contributed by atoms with E-state index >= 15 is 0 Å². The first-order chi connectivity index (χ1) is 15.8. The average molecular weight is 459 g/mol. The molecule has 5 rings (SSSR count). The molecule has 0 saturated heterocycles. The number of H-pyrrole nitrogens is 1. The summed E-state index contributed by atoms with van der Waals surface area (Å²) in [4.78, 5) is 29.6. The van der Waals surface area contributed by atoms with Crippen LogP contribution in [0.1, 0.15) is 39.8 Å². The van der Waals surface area contributed by atoms with Crippen molar-refractivity contribution in [3.8, 4) is 0 Å². The van der Waals surface area contributed by atoms with Gasteiger partial charge in [0.25, 0.3) is 17.9 Å². The molecule has 0 fully saturated rings. The third-order valence-corrected chi connectivity index (χ3v) is 5.96. The van der Waals surface area contributed by atoms with Crippen LogP contribution < -0.4 is 5.56 Å². The number of carbonyl (C=O) groups excluding carboxylic acids is 1. The number of aromatic amines is 1. The molecule has 33 heavy (non-hydrogen) atoms. The number of benzene rings is 1. The van der Waals surface area contributed by atoms with Crippen molar-refractivity contribution in [3.63, 3.8) is 0 Å². The van der Waals surface area contributed by atoms with E-state index in [1.54, 1.807) is 6.07 Å². The number of halogens is 4. The largest absolute Gasteiger partial charge is 0.373 e. The van der Waals surface area contributed by atoms with Crippen molar-refractivity contribution < 1.29 is 27.1 Å². The van der Waals surface area contributed by atoms with Crippen LogP contribution in [0.15, 0.2) is 47.4 Å². The van der Waals surface area contributed by atoms with E-state index in [2.05, 4.69) is 4.98 Å². The summed E-state index contributed by atoms with van der Waals surface area (Å²) in [7, 11) is 1.50. The first kappa shape index (κ1) is 21.2. The van der Waals surface area contributed by atoms with Gasteiger partial charge < -0.3 is 19.0 Å². The minimum atomic E-state index is -2.72. The molecule has 0 spiro atoms. The summed E-state index contributed by atoms with van der Waals surface area (Å²) in [5.74, 6) is -2.76. The van der Waals surface area contributed by atoms with Crippen molar-refractivity contribution in [1.82, 2.24) is 14.3 Å². The lowest BCUT2D eigenvalue weighted by Crippen LogP contribution is -2.37. The highest BCUT2D eigenvalue weighted by Crippen LogP contribution is 2.34. The Kier molecular flexibility index (Phi) is 4.97. The Morgan fingerprint density at radius 3 is 2.64 bits per heavy atom. The van der Waals surface area contributed by atoms with Gasteiger partial charge in [0, 0.05) is 30.0 Å². The molecule has 0 unspecified atom stereocenters. The maximum atomic E-state index is 14.1. The lowest BCUT2D eigenvalue weighted by Gasteiger charge is -2.33. The predicted molar refractivity (Wildman–Crippen MR) is 111 cm³/mol. The number of alkyl halides is 2. The number of nitrogens with zero attached hydrogens (tertiary/aromatic N) is 2. The summed E-state index contributed by atoms with van der Waals surface area (Å²) < 4.78 is 61.3. The Labute approximate surface area is 184 Å². The van der Waals surface area contributed by atoms with Gasteiger partial charge in [0.2, 0.25) is 0 Å². The molecule has 0 aliphatic carbocycles. The van der Waals surface area contributed by atoms with Gasteiger partial charge >= 0.3 is 0 Å². The quantitative estimate of drug-likeness (QED) is 0.464. The number of hydrogen-bond donors (Lipinski definition) is 1. The second-order valence-electron chi connectivity index (χ2n) is 7.88. The van der Waals surface area contributed by atoms with E-state index in [1.807, 2.05) is 0 Å². The fourth-order valence-corrected chi connectivity index (χ4v) is 4.35. The highest BCUT2D eigenvalue weighted by molar-refractivity contribution is 5.96. The third kappa shape index (κ3) is 3.37. The number of aromatic nitrogens is 2. The number of likely N-dealkylation sites (N-methyl/N-ethyl adjacent to an activating group) is 1. The van der Waals surface area contributed by atoms with E-state index in [4.69, 9.17) is 4.74 Å². The number of carbonyl (C=O) groups is 1. The number of rotatable bonds is 3. The minimum absolute atomic E-state index is 0.0336. The molecule has 3 aromatic heterocycles. The maximum Gasteiger partial charge on any atom is 0.278 e. The number of fused-ring (bicyclic) bond motifs is 4. The third-order valence-electron chi connectivity index (χ3n) is 5.96. The van der Waals surface area contributed by atoms with E-state index in [0.29, 0.717) is 16.8 Å². The zero-order valence-electron chi connectivity index (χ0n) is 17.2. The summed E-state index contributed by atoms with van der Waals surface area (Å²) in [5, 5.41) is 0.138. The van der Waals surface area contributed by atoms with Gasteiger partial charge in [-0.25, -0.2) is 17.6 Å². The number of ether oxygens (including phenoxy) is 1. The smallest absolute Gasteiger partial charge is 0.278 e. The lowest BCUT2D eigenvalue weighted by molar-refractivity contribution is 0.0335. The van der Waals surface area contributed by atoms with Crippen LogP contribution in [0.2, 0.25) is 0 Å². The molecule has 1 amide bonds. The highest BCUT2D eigenvalue weighted by atomic mass is 19.3. The first-order valence-corrected chi connectivity index (χ1v) is 10.0. The summed E-state index contributed by atoms with van der Waals surface area (Å²) in [6.45, 7) is 0.0803. The van der Waals surface area contributed by atoms with Gasteiger partial charge in [0.05, 0.1) is 35.9 Å². The van der Waals surface area contributed by atoms with Crippen LogP contribution in [-0.4, -0.2) is 33.8 Å². The maximum absolute atomic E-state index is 14.1. The molecule has 10 heteroatoms. The summed E-state index contributed by atoms with van der Waals surface area (Å²) in [6, 6.07) is 6.89. The average Bonchev–Trinajstić information content (AvgIpc) is 3.23. The first-order valence-electron chi connectivity index (χ1n) is 10.0. The molecule has 0 saturated carbocycles. The van der Waals surface area contributed by atoms with Crippen molar-refractivity contribution in [2.24, 2.45) is 0 Å². The molecular formula is C23H17F4N3O3. The molecule has 0 radical (unpaired) electrons. The molecule has 1 aliphatic rings. The van der Waals surface area contributed by atoms with Gasteiger partial charge in [-0.1, -0.05) is 6.07 Å². The SMILES string of the molecule is CN(C(=O)c1cc2cccc(C(F)F)n2c1)[C@H]1COCc2[nH]c(=O)c3cc(F)c(F)cc3c21. The Balaban J connectivity index is 1.60. The van der Waals surface area contributed by atoms with Gasteiger partial charge in [-0.2, -0.15) is 0 Å². The normalized spacial score (nSPS) is 15.9. The second-order valence-corrected chi connectivity index (χ2v) is 7.88. The zero-order valence-corrected chi connectivity index (χ0v) is 17.2. The summed E-state index contributed by atoms with van der Waals surface area (Å²) in [5.41, 5.74) is 0.556. The predicted octanol–water partition coefficient (Wildman–Crippen LogP) is 4.34. The molecule has 4 aromatic rings. The Morgan fingerprint density at radius 2 is 1.91 bits per heavy atom. The molecule has 1 aromatic carbocycles. The van der Waals surface area contributed by atoms with Crippen LogP contribution in [-0.2, 0) is 11.3 Å². The van der Waals surface area contributed by atoms with E-state index in [1.165, 1.54) is 40.7 Å². The molecule has 0 bridgehead atoms. The van der Waals surface area contributed by atoms with Crippen LogP contribution in [0.5, 0.6) is 0 Å². The number of hydrogen-bond acceptors (Lipinski definition) is 3. The van der Waals surface area contributed by atoms with Gasteiger partial charge in [0.1, 0.15) is 0 Å². The molecular weight excluding hydrogens is 442 g/mol. The zero-order chi connectivity index (χ0) is 23.4. The van der Waals surface area contributed by atoms with Crippen LogP contribution >= 0.6 is 0 Å². The topological polar surface area (TPSA) is 66.8 Å². The molecule has 4 heterocycles. The molecule has 1 atom stereocenters. The standard InChI is InChI=1S/C23H17F4N3O3/c1-29(23(32)11-5-12-3-2-4-18(21(26)27)30(12)8-11)19-10-33-9-17-20(19)13-6-15(24)16(25)7-14(13)22(31)28-17/h2-8,19,21H,9-10H2,1H3,(H,28,31)/t19-/m0/s1. The number of nitrogens with one attached hydrogen (secondary N) is 1. The van der Waals surface area contributed by atoms with E-state index in [0.717, 1.165) is 12.1 Å². The van der Waals surface area contributed by atoms with Crippen molar-refractivity contribution in [3.05, 3.63) is 87.1 Å². The van der Waals surface area contributed by atoms with Crippen molar-refractivity contribution in [2.45, 2.75) is 19.1 Å². The second kappa shape index (κ2) is 7.73. The van der Waals surface area contributed by atoms with Gasteiger partial charge in [-0.3, -0.25) is 9.59 Å². The highest BCUT2D eigenvalue weighted by Gasteiger charge is 2.32. The molecule has 6 nitrogen and oxygen atoms in total. The van der Waals surface area contributed by atoms with Crippen LogP contribution in [0, 0.1) is 11.6 Å². The van der Waals surface area contributed by atoms with Gasteiger partial charge in [-0.05, 0) is 35.7 Å².